The molecule has 1 unspecified atom stereocenters. The Hall–Kier alpha value is -2.83. The van der Waals surface area contributed by atoms with Crippen LogP contribution in [-0.2, 0) is 14.8 Å². The van der Waals surface area contributed by atoms with Crippen LogP contribution in [0.5, 0.6) is 5.75 Å². The van der Waals surface area contributed by atoms with Gasteiger partial charge in [-0.05, 0) is 43.3 Å². The fraction of sp³-hybridized carbons (Fsp3) is 0.182. The van der Waals surface area contributed by atoms with Gasteiger partial charge in [0.25, 0.3) is 10.0 Å². The average molecular weight is 395 g/mol. The van der Waals surface area contributed by atoms with Crippen LogP contribution in [-0.4, -0.2) is 27.7 Å². The number of ether oxygens (including phenoxy) is 2. The van der Waals surface area contributed by atoms with Crippen molar-refractivity contribution in [3.05, 3.63) is 84.4 Å². The predicted octanol–water partition coefficient (Wildman–Crippen LogP) is 4.30. The molecule has 28 heavy (non-hydrogen) atoms. The maximum atomic E-state index is 13.5. The second-order valence-electron chi connectivity index (χ2n) is 6.68. The quantitative estimate of drug-likeness (QED) is 0.560. The third-order valence-electron chi connectivity index (χ3n) is 4.44. The van der Waals surface area contributed by atoms with Crippen LogP contribution in [0, 0.1) is 6.92 Å². The first-order valence-electron chi connectivity index (χ1n) is 9.05. The Morgan fingerprint density at radius 2 is 1.64 bits per heavy atom. The predicted molar refractivity (Wildman–Crippen MR) is 109 cm³/mol. The standard InChI is InChI=1S/C22H21NO4S/c1-17-10-12-22(13-11-17)28(24,25)23(18-6-3-2-4-7-18)19-8-5-9-20(14-19)26-15-21-16-27-21/h2-14,21H,15-16H2,1H3. The number of hydrogen-bond acceptors (Lipinski definition) is 4. The van der Waals surface area contributed by atoms with Gasteiger partial charge in [0.15, 0.2) is 0 Å². The first-order chi connectivity index (χ1) is 13.5. The maximum absolute atomic E-state index is 13.5. The molecule has 1 fully saturated rings. The van der Waals surface area contributed by atoms with Gasteiger partial charge in [-0.15, -0.1) is 0 Å². The maximum Gasteiger partial charge on any atom is 0.268 e. The van der Waals surface area contributed by atoms with E-state index in [1.54, 1.807) is 54.6 Å². The molecule has 1 heterocycles. The first-order valence-corrected chi connectivity index (χ1v) is 10.5. The zero-order valence-corrected chi connectivity index (χ0v) is 16.3. The Labute approximate surface area is 165 Å². The number of benzene rings is 3. The SMILES string of the molecule is Cc1ccc(S(=O)(=O)N(c2ccccc2)c2cccc(OCC3CO3)c2)cc1. The van der Waals surface area contributed by atoms with Crippen LogP contribution in [0.15, 0.2) is 83.8 Å². The van der Waals surface area contributed by atoms with Gasteiger partial charge in [0.1, 0.15) is 18.5 Å². The lowest BCUT2D eigenvalue weighted by Crippen LogP contribution is -2.26. The van der Waals surface area contributed by atoms with Crippen molar-refractivity contribution >= 4 is 21.4 Å². The van der Waals surface area contributed by atoms with Crippen LogP contribution in [0.4, 0.5) is 11.4 Å². The molecule has 3 aromatic rings. The Morgan fingerprint density at radius 1 is 0.964 bits per heavy atom. The van der Waals surface area contributed by atoms with Gasteiger partial charge >= 0.3 is 0 Å². The van der Waals surface area contributed by atoms with E-state index in [9.17, 15) is 8.42 Å². The Morgan fingerprint density at radius 3 is 2.32 bits per heavy atom. The molecule has 144 valence electrons. The number of para-hydroxylation sites is 1. The van der Waals surface area contributed by atoms with E-state index in [0.717, 1.165) is 5.56 Å². The Balaban J connectivity index is 1.76. The van der Waals surface area contributed by atoms with Crippen molar-refractivity contribution in [3.63, 3.8) is 0 Å². The van der Waals surface area contributed by atoms with E-state index in [1.165, 1.54) is 4.31 Å². The number of hydrogen-bond donors (Lipinski definition) is 0. The molecule has 0 amide bonds. The molecular weight excluding hydrogens is 374 g/mol. The number of sulfonamides is 1. The molecule has 0 saturated carbocycles. The van der Waals surface area contributed by atoms with Gasteiger partial charge < -0.3 is 9.47 Å². The summed E-state index contributed by atoms with van der Waals surface area (Å²) < 4.78 is 39.3. The summed E-state index contributed by atoms with van der Waals surface area (Å²) in [6.07, 6.45) is 0.130. The third-order valence-corrected chi connectivity index (χ3v) is 6.21. The average Bonchev–Trinajstić information content (AvgIpc) is 3.52. The van der Waals surface area contributed by atoms with E-state index in [1.807, 2.05) is 31.2 Å². The molecule has 0 aliphatic carbocycles. The van der Waals surface area contributed by atoms with E-state index < -0.39 is 10.0 Å². The van der Waals surface area contributed by atoms with Crippen molar-refractivity contribution in [2.24, 2.45) is 0 Å². The second-order valence-corrected chi connectivity index (χ2v) is 8.47. The fourth-order valence-corrected chi connectivity index (χ4v) is 4.34. The summed E-state index contributed by atoms with van der Waals surface area (Å²) in [6, 6.07) is 23.0. The van der Waals surface area contributed by atoms with Crippen molar-refractivity contribution in [2.75, 3.05) is 17.5 Å². The number of nitrogens with zero attached hydrogens (tertiary/aromatic N) is 1. The molecule has 1 aliphatic heterocycles. The second kappa shape index (κ2) is 7.66. The molecule has 5 nitrogen and oxygen atoms in total. The molecule has 0 radical (unpaired) electrons. The van der Waals surface area contributed by atoms with Crippen LogP contribution < -0.4 is 9.04 Å². The Kier molecular flexibility index (Phi) is 5.07. The highest BCUT2D eigenvalue weighted by Gasteiger charge is 2.27. The number of epoxide rings is 1. The molecule has 1 saturated heterocycles. The lowest BCUT2D eigenvalue weighted by atomic mass is 10.2. The molecule has 0 aromatic heterocycles. The molecular formula is C22H21NO4S. The van der Waals surface area contributed by atoms with Crippen molar-refractivity contribution in [2.45, 2.75) is 17.9 Å². The van der Waals surface area contributed by atoms with E-state index in [4.69, 9.17) is 9.47 Å². The summed E-state index contributed by atoms with van der Waals surface area (Å²) in [7, 11) is -3.81. The number of anilines is 2. The first kappa shape index (κ1) is 18.5. The molecule has 0 bridgehead atoms. The fourth-order valence-electron chi connectivity index (χ4n) is 2.86. The summed E-state index contributed by atoms with van der Waals surface area (Å²) in [5.74, 6) is 0.605. The van der Waals surface area contributed by atoms with Gasteiger partial charge in [-0.2, -0.15) is 0 Å². The number of rotatable bonds is 7. The van der Waals surface area contributed by atoms with Gasteiger partial charge in [0.2, 0.25) is 0 Å². The van der Waals surface area contributed by atoms with Crippen molar-refractivity contribution < 1.29 is 17.9 Å². The largest absolute Gasteiger partial charge is 0.491 e. The van der Waals surface area contributed by atoms with Crippen LogP contribution in [0.1, 0.15) is 5.56 Å². The number of aryl methyl sites for hydroxylation is 1. The molecule has 3 aromatic carbocycles. The highest BCUT2D eigenvalue weighted by Crippen LogP contribution is 2.34. The molecule has 6 heteroatoms. The minimum atomic E-state index is -3.81. The van der Waals surface area contributed by atoms with Crippen LogP contribution in [0.3, 0.4) is 0 Å². The van der Waals surface area contributed by atoms with Gasteiger partial charge in [-0.25, -0.2) is 12.7 Å². The summed E-state index contributed by atoms with van der Waals surface area (Å²) in [5, 5.41) is 0. The molecule has 1 atom stereocenters. The lowest BCUT2D eigenvalue weighted by Gasteiger charge is -2.25. The summed E-state index contributed by atoms with van der Waals surface area (Å²) >= 11 is 0. The summed E-state index contributed by atoms with van der Waals surface area (Å²) in [6.45, 7) is 3.09. The smallest absolute Gasteiger partial charge is 0.268 e. The van der Waals surface area contributed by atoms with E-state index in [2.05, 4.69) is 0 Å². The van der Waals surface area contributed by atoms with Gasteiger partial charge in [0.05, 0.1) is 22.9 Å². The van der Waals surface area contributed by atoms with Crippen molar-refractivity contribution in [1.29, 1.82) is 0 Å². The zero-order valence-electron chi connectivity index (χ0n) is 15.5. The van der Waals surface area contributed by atoms with Crippen molar-refractivity contribution in [3.8, 4) is 5.75 Å². The van der Waals surface area contributed by atoms with Gasteiger partial charge in [-0.1, -0.05) is 42.0 Å². The van der Waals surface area contributed by atoms with Crippen LogP contribution >= 0.6 is 0 Å². The van der Waals surface area contributed by atoms with E-state index in [0.29, 0.717) is 30.3 Å². The van der Waals surface area contributed by atoms with Crippen LogP contribution in [0.2, 0.25) is 0 Å². The van der Waals surface area contributed by atoms with Gasteiger partial charge in [0, 0.05) is 6.07 Å². The van der Waals surface area contributed by atoms with E-state index >= 15 is 0 Å². The van der Waals surface area contributed by atoms with Crippen molar-refractivity contribution in [1.82, 2.24) is 0 Å². The summed E-state index contributed by atoms with van der Waals surface area (Å²) in [5.41, 5.74) is 2.08. The minimum Gasteiger partial charge on any atom is -0.491 e. The highest BCUT2D eigenvalue weighted by atomic mass is 32.2. The third kappa shape index (κ3) is 4.03. The molecule has 4 rings (SSSR count). The molecule has 1 aliphatic rings. The van der Waals surface area contributed by atoms with E-state index in [-0.39, 0.29) is 11.0 Å². The minimum absolute atomic E-state index is 0.130. The topological polar surface area (TPSA) is 59.1 Å². The lowest BCUT2D eigenvalue weighted by molar-refractivity contribution is 0.263. The molecule has 0 spiro atoms. The monoisotopic (exact) mass is 395 g/mol. The van der Waals surface area contributed by atoms with Gasteiger partial charge in [-0.3, -0.25) is 0 Å². The highest BCUT2D eigenvalue weighted by molar-refractivity contribution is 7.93. The zero-order chi connectivity index (χ0) is 19.6. The van der Waals surface area contributed by atoms with Crippen LogP contribution in [0.25, 0.3) is 0 Å². The normalized spacial score (nSPS) is 15.8. The Bertz CT molecular complexity index is 1050. The molecule has 0 N–H and O–H groups in total. The summed E-state index contributed by atoms with van der Waals surface area (Å²) in [4.78, 5) is 0.236.